The van der Waals surface area contributed by atoms with Gasteiger partial charge in [-0.25, -0.2) is 0 Å². The molecule has 1 aliphatic carbocycles. The van der Waals surface area contributed by atoms with Crippen LogP contribution in [0, 0.1) is 5.92 Å². The van der Waals surface area contributed by atoms with Gasteiger partial charge in [0, 0.05) is 6.61 Å². The van der Waals surface area contributed by atoms with Crippen molar-refractivity contribution in [1.82, 2.24) is 0 Å². The van der Waals surface area contributed by atoms with Crippen LogP contribution in [-0.2, 0) is 15.9 Å². The molecule has 0 amide bonds. The van der Waals surface area contributed by atoms with Crippen molar-refractivity contribution in [2.45, 2.75) is 25.7 Å². The Morgan fingerprint density at radius 3 is 2.41 bits per heavy atom. The third-order valence-corrected chi connectivity index (χ3v) is 3.33. The monoisotopic (exact) mass is 234 g/mol. The molecule has 1 saturated carbocycles. The summed E-state index contributed by atoms with van der Waals surface area (Å²) in [6.45, 7) is 3.18. The highest BCUT2D eigenvalue weighted by Crippen LogP contribution is 2.26. The lowest BCUT2D eigenvalue weighted by Crippen LogP contribution is -2.19. The van der Waals surface area contributed by atoms with Crippen LogP contribution < -0.4 is 0 Å². The summed E-state index contributed by atoms with van der Waals surface area (Å²) >= 11 is 0. The zero-order chi connectivity index (χ0) is 11.8. The van der Waals surface area contributed by atoms with E-state index in [-0.39, 0.29) is 0 Å². The largest absolute Gasteiger partial charge is 0.379 e. The molecule has 0 radical (unpaired) electrons. The summed E-state index contributed by atoms with van der Waals surface area (Å²) in [7, 11) is 0. The van der Waals surface area contributed by atoms with E-state index in [1.165, 1.54) is 24.8 Å². The molecular weight excluding hydrogens is 212 g/mol. The number of benzene rings is 1. The highest BCUT2D eigenvalue weighted by atomic mass is 16.5. The summed E-state index contributed by atoms with van der Waals surface area (Å²) in [4.78, 5) is 0. The summed E-state index contributed by atoms with van der Waals surface area (Å²) < 4.78 is 11.1. The molecule has 2 nitrogen and oxygen atoms in total. The first-order valence-corrected chi connectivity index (χ1v) is 6.64. The van der Waals surface area contributed by atoms with Gasteiger partial charge in [0.15, 0.2) is 0 Å². The molecule has 1 aromatic rings. The summed E-state index contributed by atoms with van der Waals surface area (Å²) in [5, 5.41) is 0. The molecule has 0 N–H and O–H groups in total. The number of hydrogen-bond acceptors (Lipinski definition) is 2. The van der Waals surface area contributed by atoms with E-state index in [1.54, 1.807) is 0 Å². The van der Waals surface area contributed by atoms with E-state index in [9.17, 15) is 0 Å². The Labute approximate surface area is 104 Å². The molecule has 1 aliphatic rings. The van der Waals surface area contributed by atoms with Crippen LogP contribution >= 0.6 is 0 Å². The third-order valence-electron chi connectivity index (χ3n) is 3.33. The minimum absolute atomic E-state index is 0.722. The van der Waals surface area contributed by atoms with Crippen molar-refractivity contribution in [2.75, 3.05) is 26.4 Å². The second-order valence-corrected chi connectivity index (χ2v) is 4.72. The fourth-order valence-corrected chi connectivity index (χ4v) is 1.96. The molecule has 2 rings (SSSR count). The lowest BCUT2D eigenvalue weighted by molar-refractivity contribution is 0.0212. The Hall–Kier alpha value is -0.860. The Morgan fingerprint density at radius 1 is 0.941 bits per heavy atom. The maximum atomic E-state index is 5.56. The molecule has 1 fully saturated rings. The molecule has 0 aromatic heterocycles. The van der Waals surface area contributed by atoms with E-state index >= 15 is 0 Å². The van der Waals surface area contributed by atoms with Crippen LogP contribution in [0.3, 0.4) is 0 Å². The molecule has 0 spiro atoms. The highest BCUT2D eigenvalue weighted by Gasteiger charge is 2.16. The molecule has 0 bridgehead atoms. The van der Waals surface area contributed by atoms with Crippen LogP contribution in [0.1, 0.15) is 24.8 Å². The normalized spacial score (nSPS) is 15.8. The van der Waals surface area contributed by atoms with Gasteiger partial charge in [0.2, 0.25) is 0 Å². The molecule has 1 aromatic carbocycles. The molecule has 0 saturated heterocycles. The van der Waals surface area contributed by atoms with E-state index in [1.807, 2.05) is 6.07 Å². The predicted octanol–water partition coefficient (Wildman–Crippen LogP) is 3.06. The summed E-state index contributed by atoms with van der Waals surface area (Å²) in [5.41, 5.74) is 1.34. The van der Waals surface area contributed by atoms with Crippen LogP contribution in [-0.4, -0.2) is 26.4 Å². The first-order chi connectivity index (χ1) is 8.45. The highest BCUT2D eigenvalue weighted by molar-refractivity contribution is 5.14. The molecule has 17 heavy (non-hydrogen) atoms. The van der Waals surface area contributed by atoms with Crippen molar-refractivity contribution < 1.29 is 9.47 Å². The topological polar surface area (TPSA) is 18.5 Å². The number of rotatable bonds is 8. The molecule has 0 heterocycles. The fraction of sp³-hybridized carbons (Fsp3) is 0.600. The Balaban J connectivity index is 1.41. The summed E-state index contributed by atoms with van der Waals surface area (Å²) in [6, 6.07) is 10.4. The fourth-order valence-electron chi connectivity index (χ4n) is 1.96. The second-order valence-electron chi connectivity index (χ2n) is 4.72. The van der Waals surface area contributed by atoms with Crippen LogP contribution in [0.2, 0.25) is 0 Å². The van der Waals surface area contributed by atoms with Gasteiger partial charge in [-0.15, -0.1) is 0 Å². The maximum Gasteiger partial charge on any atom is 0.0700 e. The van der Waals surface area contributed by atoms with Gasteiger partial charge in [-0.05, 0) is 30.7 Å². The Morgan fingerprint density at radius 2 is 1.71 bits per heavy atom. The Kier molecular flexibility index (Phi) is 5.53. The van der Waals surface area contributed by atoms with E-state index in [2.05, 4.69) is 24.3 Å². The van der Waals surface area contributed by atoms with Crippen LogP contribution in [0.25, 0.3) is 0 Å². The average molecular weight is 234 g/mol. The van der Waals surface area contributed by atoms with Gasteiger partial charge in [0.05, 0.1) is 19.8 Å². The molecule has 0 atom stereocenters. The van der Waals surface area contributed by atoms with Crippen molar-refractivity contribution in [3.8, 4) is 0 Å². The maximum absolute atomic E-state index is 5.56. The lowest BCUT2D eigenvalue weighted by Gasteiger charge is -2.24. The third kappa shape index (κ3) is 4.88. The van der Waals surface area contributed by atoms with E-state index in [4.69, 9.17) is 9.47 Å². The van der Waals surface area contributed by atoms with Gasteiger partial charge in [-0.3, -0.25) is 0 Å². The first kappa shape index (κ1) is 12.6. The summed E-state index contributed by atoms with van der Waals surface area (Å²) in [5.74, 6) is 0.833. The molecule has 0 unspecified atom stereocenters. The lowest BCUT2D eigenvalue weighted by atomic mass is 9.86. The predicted molar refractivity (Wildman–Crippen MR) is 69.1 cm³/mol. The van der Waals surface area contributed by atoms with Gasteiger partial charge >= 0.3 is 0 Å². The van der Waals surface area contributed by atoms with Crippen molar-refractivity contribution in [3.63, 3.8) is 0 Å². The minimum Gasteiger partial charge on any atom is -0.379 e. The molecular formula is C15H22O2. The van der Waals surface area contributed by atoms with Crippen LogP contribution in [0.15, 0.2) is 30.3 Å². The quantitative estimate of drug-likeness (QED) is 0.644. The standard InChI is InChI=1S/C15H22O2/c1-2-5-14(6-3-1)9-10-16-11-12-17-13-15-7-4-8-15/h1-3,5-6,15H,4,7-13H2. The zero-order valence-electron chi connectivity index (χ0n) is 10.4. The number of hydrogen-bond donors (Lipinski definition) is 0. The molecule has 0 aliphatic heterocycles. The van der Waals surface area contributed by atoms with Gasteiger partial charge in [-0.2, -0.15) is 0 Å². The van der Waals surface area contributed by atoms with Crippen molar-refractivity contribution in [2.24, 2.45) is 5.92 Å². The van der Waals surface area contributed by atoms with E-state index in [0.29, 0.717) is 0 Å². The SMILES string of the molecule is c1ccc(CCOCCOCC2CCC2)cc1. The van der Waals surface area contributed by atoms with Crippen LogP contribution in [0.4, 0.5) is 0 Å². The summed E-state index contributed by atoms with van der Waals surface area (Å²) in [6.07, 6.45) is 5.09. The van der Waals surface area contributed by atoms with Gasteiger partial charge in [0.1, 0.15) is 0 Å². The van der Waals surface area contributed by atoms with Gasteiger partial charge in [0.25, 0.3) is 0 Å². The number of ether oxygens (including phenoxy) is 2. The second kappa shape index (κ2) is 7.46. The van der Waals surface area contributed by atoms with Gasteiger partial charge in [-0.1, -0.05) is 36.8 Å². The average Bonchev–Trinajstić information content (AvgIpc) is 2.31. The minimum atomic E-state index is 0.722. The van der Waals surface area contributed by atoms with Gasteiger partial charge < -0.3 is 9.47 Å². The van der Waals surface area contributed by atoms with Crippen molar-refractivity contribution in [3.05, 3.63) is 35.9 Å². The van der Waals surface area contributed by atoms with Crippen LogP contribution in [0.5, 0.6) is 0 Å². The molecule has 94 valence electrons. The molecule has 2 heteroatoms. The van der Waals surface area contributed by atoms with Crippen molar-refractivity contribution in [1.29, 1.82) is 0 Å². The van der Waals surface area contributed by atoms with Crippen molar-refractivity contribution >= 4 is 0 Å². The van der Waals surface area contributed by atoms with E-state index < -0.39 is 0 Å². The Bertz CT molecular complexity index is 293. The first-order valence-electron chi connectivity index (χ1n) is 6.64. The van der Waals surface area contributed by atoms with E-state index in [0.717, 1.165) is 38.8 Å². The zero-order valence-corrected chi connectivity index (χ0v) is 10.4. The smallest absolute Gasteiger partial charge is 0.0700 e.